The molecule has 0 N–H and O–H groups in total. The normalized spacial score (nSPS) is 17.2. The van der Waals surface area contributed by atoms with E-state index in [0.717, 1.165) is 24.0 Å². The van der Waals surface area contributed by atoms with E-state index >= 15 is 0 Å². The molecule has 2 heterocycles. The molecule has 1 aromatic heterocycles. The van der Waals surface area contributed by atoms with Crippen LogP contribution < -0.4 is 0 Å². The van der Waals surface area contributed by atoms with Gasteiger partial charge >= 0.3 is 0 Å². The quantitative estimate of drug-likeness (QED) is 0.596. The van der Waals surface area contributed by atoms with Crippen LogP contribution in [0.1, 0.15) is 69.5 Å². The fourth-order valence-electron chi connectivity index (χ4n) is 4.09. The molecule has 1 aliphatic rings. The van der Waals surface area contributed by atoms with Gasteiger partial charge in [-0.25, -0.2) is 4.39 Å². The van der Waals surface area contributed by atoms with Crippen molar-refractivity contribution in [1.29, 1.82) is 0 Å². The van der Waals surface area contributed by atoms with E-state index in [1.54, 1.807) is 28.4 Å². The average molecular weight is 445 g/mol. The summed E-state index contributed by atoms with van der Waals surface area (Å²) in [5.41, 5.74) is 1.86. The highest BCUT2D eigenvalue weighted by Gasteiger charge is 2.35. The summed E-state index contributed by atoms with van der Waals surface area (Å²) in [6.07, 6.45) is 2.00. The van der Waals surface area contributed by atoms with Crippen molar-refractivity contribution >= 4 is 23.2 Å². The van der Waals surface area contributed by atoms with Gasteiger partial charge in [-0.3, -0.25) is 9.59 Å². The Labute approximate surface area is 189 Å². The summed E-state index contributed by atoms with van der Waals surface area (Å²) < 4.78 is 13.5. The first-order chi connectivity index (χ1) is 14.6. The second kappa shape index (κ2) is 9.51. The Morgan fingerprint density at radius 1 is 1.23 bits per heavy atom. The van der Waals surface area contributed by atoms with Gasteiger partial charge in [-0.05, 0) is 59.9 Å². The smallest absolute Gasteiger partial charge is 0.243 e. The van der Waals surface area contributed by atoms with E-state index in [2.05, 4.69) is 6.07 Å². The first-order valence-electron chi connectivity index (χ1n) is 11.0. The Morgan fingerprint density at radius 2 is 1.90 bits per heavy atom. The predicted octanol–water partition coefficient (Wildman–Crippen LogP) is 5.42. The van der Waals surface area contributed by atoms with Crippen LogP contribution in [-0.4, -0.2) is 40.7 Å². The molecule has 4 nitrogen and oxygen atoms in total. The van der Waals surface area contributed by atoms with Crippen molar-refractivity contribution < 1.29 is 14.0 Å². The number of carbonyl (C=O) groups excluding carboxylic acids is 2. The lowest BCUT2D eigenvalue weighted by atomic mass is 9.91. The lowest BCUT2D eigenvalue weighted by Gasteiger charge is -2.39. The molecule has 2 atom stereocenters. The van der Waals surface area contributed by atoms with Gasteiger partial charge in [0, 0.05) is 23.9 Å². The summed E-state index contributed by atoms with van der Waals surface area (Å²) in [5, 5.41) is 2.05. The lowest BCUT2D eigenvalue weighted by molar-refractivity contribution is -0.144. The third kappa shape index (κ3) is 5.53. The van der Waals surface area contributed by atoms with E-state index in [1.165, 1.54) is 17.0 Å². The standard InChI is InChI=1S/C25H33FN2O2S/c1-6-17(2)28(22(29)15-25(3,4)5)16-23(30)27-13-11-21-20(12-14-31-21)24(27)18-7-9-19(26)10-8-18/h7-10,12,14,17,24H,6,11,13,15-16H2,1-5H3. The van der Waals surface area contributed by atoms with Gasteiger partial charge in [0.25, 0.3) is 0 Å². The highest BCUT2D eigenvalue weighted by molar-refractivity contribution is 7.10. The molecular formula is C25H33FN2O2S. The van der Waals surface area contributed by atoms with Gasteiger partial charge in [-0.15, -0.1) is 11.3 Å². The first-order valence-corrected chi connectivity index (χ1v) is 11.9. The molecule has 0 radical (unpaired) electrons. The van der Waals surface area contributed by atoms with E-state index in [4.69, 9.17) is 0 Å². The average Bonchev–Trinajstić information content (AvgIpc) is 3.18. The summed E-state index contributed by atoms with van der Waals surface area (Å²) in [5.74, 6) is -0.339. The summed E-state index contributed by atoms with van der Waals surface area (Å²) in [4.78, 5) is 31.4. The van der Waals surface area contributed by atoms with Crippen LogP contribution in [0.25, 0.3) is 0 Å². The number of halogens is 1. The van der Waals surface area contributed by atoms with Crippen LogP contribution in [0, 0.1) is 11.2 Å². The zero-order chi connectivity index (χ0) is 22.8. The van der Waals surface area contributed by atoms with Crippen LogP contribution in [0.5, 0.6) is 0 Å². The SMILES string of the molecule is CCC(C)N(CC(=O)N1CCc2sccc2C1c1ccc(F)cc1)C(=O)CC(C)(C)C. The molecule has 0 fully saturated rings. The van der Waals surface area contributed by atoms with Crippen LogP contribution in [0.15, 0.2) is 35.7 Å². The summed E-state index contributed by atoms with van der Waals surface area (Å²) in [6, 6.07) is 8.19. The van der Waals surface area contributed by atoms with Gasteiger partial charge in [0.05, 0.1) is 6.04 Å². The zero-order valence-corrected chi connectivity index (χ0v) is 20.0. The molecule has 31 heavy (non-hydrogen) atoms. The van der Waals surface area contributed by atoms with Crippen LogP contribution in [0.2, 0.25) is 0 Å². The largest absolute Gasteiger partial charge is 0.331 e. The topological polar surface area (TPSA) is 40.6 Å². The number of amides is 2. The monoisotopic (exact) mass is 444 g/mol. The van der Waals surface area contributed by atoms with Crippen LogP contribution in [-0.2, 0) is 16.0 Å². The van der Waals surface area contributed by atoms with E-state index in [1.807, 2.05) is 44.9 Å². The molecule has 3 rings (SSSR count). The molecule has 1 aromatic carbocycles. The van der Waals surface area contributed by atoms with Gasteiger partial charge in [-0.1, -0.05) is 39.8 Å². The molecule has 2 aromatic rings. The lowest BCUT2D eigenvalue weighted by Crippen LogP contribution is -2.49. The molecule has 0 saturated heterocycles. The molecule has 0 bridgehead atoms. The number of nitrogens with zero attached hydrogens (tertiary/aromatic N) is 2. The number of hydrogen-bond acceptors (Lipinski definition) is 3. The van der Waals surface area contributed by atoms with E-state index in [0.29, 0.717) is 13.0 Å². The minimum absolute atomic E-state index is 0.00966. The second-order valence-corrected chi connectivity index (χ2v) is 10.6. The van der Waals surface area contributed by atoms with Crippen LogP contribution in [0.4, 0.5) is 4.39 Å². The fourth-order valence-corrected chi connectivity index (χ4v) is 5.00. The van der Waals surface area contributed by atoms with Crippen molar-refractivity contribution in [2.24, 2.45) is 5.41 Å². The minimum Gasteiger partial charge on any atom is -0.331 e. The third-order valence-electron chi connectivity index (χ3n) is 5.90. The van der Waals surface area contributed by atoms with Crippen molar-refractivity contribution in [2.45, 2.75) is 66.0 Å². The molecule has 2 amide bonds. The van der Waals surface area contributed by atoms with Crippen molar-refractivity contribution in [2.75, 3.05) is 13.1 Å². The maximum absolute atomic E-state index is 13.5. The summed E-state index contributed by atoms with van der Waals surface area (Å²) in [6.45, 7) is 10.8. The molecule has 0 saturated carbocycles. The minimum atomic E-state index is -0.293. The van der Waals surface area contributed by atoms with Crippen LogP contribution >= 0.6 is 11.3 Å². The molecule has 1 aliphatic heterocycles. The summed E-state index contributed by atoms with van der Waals surface area (Å²) in [7, 11) is 0. The number of rotatable bonds is 6. The Morgan fingerprint density at radius 3 is 2.52 bits per heavy atom. The van der Waals surface area contributed by atoms with E-state index in [9.17, 15) is 14.0 Å². The van der Waals surface area contributed by atoms with Gasteiger partial charge in [0.2, 0.25) is 11.8 Å². The first kappa shape index (κ1) is 23.5. The zero-order valence-electron chi connectivity index (χ0n) is 19.2. The van der Waals surface area contributed by atoms with Crippen molar-refractivity contribution in [3.63, 3.8) is 0 Å². The highest BCUT2D eigenvalue weighted by atomic mass is 32.1. The number of hydrogen-bond donors (Lipinski definition) is 0. The van der Waals surface area contributed by atoms with Gasteiger partial charge in [0.15, 0.2) is 0 Å². The van der Waals surface area contributed by atoms with Crippen LogP contribution in [0.3, 0.4) is 0 Å². The maximum atomic E-state index is 13.5. The predicted molar refractivity (Wildman–Crippen MR) is 124 cm³/mol. The molecule has 6 heteroatoms. The van der Waals surface area contributed by atoms with Gasteiger partial charge in [0.1, 0.15) is 12.4 Å². The van der Waals surface area contributed by atoms with Gasteiger partial charge in [-0.2, -0.15) is 0 Å². The Balaban J connectivity index is 1.88. The molecule has 0 aliphatic carbocycles. The molecule has 2 unspecified atom stereocenters. The Hall–Kier alpha value is -2.21. The third-order valence-corrected chi connectivity index (χ3v) is 6.90. The van der Waals surface area contributed by atoms with E-state index < -0.39 is 0 Å². The van der Waals surface area contributed by atoms with E-state index in [-0.39, 0.29) is 41.7 Å². The molecular weight excluding hydrogens is 411 g/mol. The highest BCUT2D eigenvalue weighted by Crippen LogP contribution is 2.38. The van der Waals surface area contributed by atoms with Crippen molar-refractivity contribution in [3.05, 3.63) is 57.5 Å². The number of carbonyl (C=O) groups is 2. The molecule has 168 valence electrons. The number of fused-ring (bicyclic) bond motifs is 1. The number of benzene rings is 1. The Bertz CT molecular complexity index is 916. The summed E-state index contributed by atoms with van der Waals surface area (Å²) >= 11 is 1.70. The fraction of sp³-hybridized carbons (Fsp3) is 0.520. The van der Waals surface area contributed by atoms with Gasteiger partial charge < -0.3 is 9.80 Å². The maximum Gasteiger partial charge on any atom is 0.243 e. The van der Waals surface area contributed by atoms with Crippen molar-refractivity contribution in [1.82, 2.24) is 9.80 Å². The van der Waals surface area contributed by atoms with Crippen molar-refractivity contribution in [3.8, 4) is 0 Å². The molecule has 0 spiro atoms. The Kier molecular flexibility index (Phi) is 7.20. The number of thiophene rings is 1. The second-order valence-electron chi connectivity index (χ2n) is 9.61.